The van der Waals surface area contributed by atoms with Gasteiger partial charge in [-0.3, -0.25) is 0 Å². The monoisotopic (exact) mass is 709 g/mol. The quantitative estimate of drug-likeness (QED) is 0.169. The van der Waals surface area contributed by atoms with Gasteiger partial charge in [0.25, 0.3) is 0 Å². The van der Waals surface area contributed by atoms with Gasteiger partial charge in [-0.05, 0) is 109 Å². The molecule has 0 saturated carbocycles. The maximum atomic E-state index is 2.42. The molecule has 0 bridgehead atoms. The van der Waals surface area contributed by atoms with Gasteiger partial charge in [-0.25, -0.2) is 0 Å². The molecule has 258 valence electrons. The second kappa shape index (κ2) is 14.2. The van der Waals surface area contributed by atoms with Gasteiger partial charge in [0.05, 0.1) is 0 Å². The number of anilines is 3. The minimum absolute atomic E-state index is 0. The van der Waals surface area contributed by atoms with E-state index in [-0.39, 0.29) is 13.3 Å². The number of nitrogens with zero attached hydrogens (tertiary/aromatic N) is 1. The summed E-state index contributed by atoms with van der Waals surface area (Å²) in [6.45, 7) is 0. The van der Waals surface area contributed by atoms with Gasteiger partial charge >= 0.3 is 0 Å². The van der Waals surface area contributed by atoms with Crippen molar-refractivity contribution in [3.8, 4) is 22.3 Å². The van der Waals surface area contributed by atoms with Crippen LogP contribution >= 0.6 is 11.8 Å². The Hall–Kier alpha value is -6.35. The van der Waals surface area contributed by atoms with E-state index in [2.05, 4.69) is 211 Å². The van der Waals surface area contributed by atoms with Crippen molar-refractivity contribution < 1.29 is 0 Å². The van der Waals surface area contributed by atoms with Crippen molar-refractivity contribution >= 4 is 50.4 Å². The van der Waals surface area contributed by atoms with Gasteiger partial charge in [-0.2, -0.15) is 0 Å². The predicted octanol–water partition coefficient (Wildman–Crippen LogP) is 15.1. The fraction of sp³-hybridized carbons (Fsp3) is 0.0385. The second-order valence-electron chi connectivity index (χ2n) is 13.7. The van der Waals surface area contributed by atoms with Crippen LogP contribution in [0.4, 0.5) is 17.1 Å². The minimum atomic E-state index is 0. The highest BCUT2D eigenvalue weighted by molar-refractivity contribution is 7.99. The average Bonchev–Trinajstić information content (AvgIpc) is 3.24. The SMILES string of the molecule is C.c1ccc(-c2ccc(N(c3ccc(-c4ccccc4)cc3)c3cccc(C4c5c(ccc6ccccc56)Sc5ccc6ccccc6c54)c3)cc2)cc1. The van der Waals surface area contributed by atoms with E-state index in [4.69, 9.17) is 0 Å². The Bertz CT molecular complexity index is 2570. The molecule has 9 aromatic rings. The summed E-state index contributed by atoms with van der Waals surface area (Å²) >= 11 is 1.90. The molecule has 0 fully saturated rings. The first-order valence-electron chi connectivity index (χ1n) is 18.2. The summed E-state index contributed by atoms with van der Waals surface area (Å²) in [6, 6.07) is 75.4. The van der Waals surface area contributed by atoms with Gasteiger partial charge in [-0.15, -0.1) is 0 Å². The molecule has 2 heteroatoms. The summed E-state index contributed by atoms with van der Waals surface area (Å²) < 4.78 is 0. The second-order valence-corrected chi connectivity index (χ2v) is 14.8. The molecule has 1 nitrogen and oxygen atoms in total. The highest BCUT2D eigenvalue weighted by atomic mass is 32.2. The van der Waals surface area contributed by atoms with Crippen molar-refractivity contribution in [3.05, 3.63) is 223 Å². The van der Waals surface area contributed by atoms with Gasteiger partial charge < -0.3 is 4.90 Å². The number of fused-ring (bicyclic) bond motifs is 6. The van der Waals surface area contributed by atoms with Crippen LogP contribution in [0, 0.1) is 0 Å². The maximum absolute atomic E-state index is 2.42. The Morgan fingerprint density at radius 1 is 0.352 bits per heavy atom. The van der Waals surface area contributed by atoms with Crippen molar-refractivity contribution in [1.82, 2.24) is 0 Å². The van der Waals surface area contributed by atoms with Crippen LogP contribution in [0.15, 0.2) is 216 Å². The Labute approximate surface area is 322 Å². The van der Waals surface area contributed by atoms with Crippen LogP contribution in [-0.4, -0.2) is 0 Å². The zero-order chi connectivity index (χ0) is 35.1. The first-order chi connectivity index (χ1) is 26.3. The molecule has 0 spiro atoms. The van der Waals surface area contributed by atoms with E-state index in [0.29, 0.717) is 0 Å². The van der Waals surface area contributed by atoms with Crippen molar-refractivity contribution in [3.63, 3.8) is 0 Å². The third-order valence-corrected chi connectivity index (χ3v) is 11.7. The summed E-state index contributed by atoms with van der Waals surface area (Å²) in [5, 5.41) is 5.18. The first-order valence-corrected chi connectivity index (χ1v) is 19.0. The van der Waals surface area contributed by atoms with Crippen LogP contribution in [0.25, 0.3) is 43.8 Å². The minimum Gasteiger partial charge on any atom is -0.310 e. The van der Waals surface area contributed by atoms with Crippen molar-refractivity contribution in [1.29, 1.82) is 0 Å². The smallest absolute Gasteiger partial charge is 0.0464 e. The molecule has 0 atom stereocenters. The van der Waals surface area contributed by atoms with Crippen LogP contribution in [0.3, 0.4) is 0 Å². The average molecular weight is 710 g/mol. The van der Waals surface area contributed by atoms with E-state index in [1.165, 1.54) is 70.3 Å². The van der Waals surface area contributed by atoms with E-state index >= 15 is 0 Å². The molecular weight excluding hydrogens is 671 g/mol. The Kier molecular flexibility index (Phi) is 8.82. The third-order valence-electron chi connectivity index (χ3n) is 10.6. The molecule has 10 rings (SSSR count). The lowest BCUT2D eigenvalue weighted by molar-refractivity contribution is 0.925. The van der Waals surface area contributed by atoms with E-state index in [1.807, 2.05) is 11.8 Å². The van der Waals surface area contributed by atoms with Gasteiger partial charge in [-0.1, -0.05) is 177 Å². The van der Waals surface area contributed by atoms with Gasteiger partial charge in [0.15, 0.2) is 0 Å². The van der Waals surface area contributed by atoms with Gasteiger partial charge in [0, 0.05) is 32.8 Å². The lowest BCUT2D eigenvalue weighted by atomic mass is 9.80. The lowest BCUT2D eigenvalue weighted by Gasteiger charge is -2.32. The van der Waals surface area contributed by atoms with Gasteiger partial charge in [0.2, 0.25) is 0 Å². The van der Waals surface area contributed by atoms with Crippen LogP contribution in [0.5, 0.6) is 0 Å². The summed E-state index contributed by atoms with van der Waals surface area (Å²) in [5.74, 6) is 0.0566. The standard InChI is InChI=1S/C51H35NS.CH4/c1-3-12-35(13-4-1)37-22-28-42(29-23-37)52(43-30-24-38(25-31-43)36-14-5-2-6-15-36)44-19-11-18-41(34-44)49-50-45-20-9-7-16-39(45)26-32-47(50)53-48-33-27-40-17-8-10-21-46(40)51(48)49;/h1-34,49H;1H4. The van der Waals surface area contributed by atoms with Crippen molar-refractivity contribution in [2.45, 2.75) is 23.1 Å². The summed E-state index contributed by atoms with van der Waals surface area (Å²) in [5.41, 5.74) is 12.3. The van der Waals surface area contributed by atoms with Crippen LogP contribution in [0.2, 0.25) is 0 Å². The first kappa shape index (κ1) is 33.5. The van der Waals surface area contributed by atoms with Crippen LogP contribution < -0.4 is 4.90 Å². The molecule has 9 aromatic carbocycles. The zero-order valence-corrected chi connectivity index (χ0v) is 29.9. The topological polar surface area (TPSA) is 3.24 Å². The van der Waals surface area contributed by atoms with E-state index in [9.17, 15) is 0 Å². The van der Waals surface area contributed by atoms with E-state index in [1.54, 1.807) is 0 Å². The highest BCUT2D eigenvalue weighted by Crippen LogP contribution is 2.53. The fourth-order valence-electron chi connectivity index (χ4n) is 8.08. The summed E-state index contributed by atoms with van der Waals surface area (Å²) in [7, 11) is 0. The molecular formula is C52H39NS. The maximum Gasteiger partial charge on any atom is 0.0464 e. The van der Waals surface area contributed by atoms with E-state index < -0.39 is 0 Å². The van der Waals surface area contributed by atoms with Gasteiger partial charge in [0.1, 0.15) is 0 Å². The third kappa shape index (κ3) is 5.95. The lowest BCUT2D eigenvalue weighted by Crippen LogP contribution is -2.14. The molecule has 1 heterocycles. The number of hydrogen-bond acceptors (Lipinski definition) is 2. The predicted molar refractivity (Wildman–Crippen MR) is 232 cm³/mol. The molecule has 0 N–H and O–H groups in total. The van der Waals surface area contributed by atoms with Crippen molar-refractivity contribution in [2.75, 3.05) is 4.90 Å². The number of rotatable bonds is 6. The molecule has 0 aliphatic carbocycles. The van der Waals surface area contributed by atoms with E-state index in [0.717, 1.165) is 17.1 Å². The normalized spacial score (nSPS) is 12.1. The molecule has 0 amide bonds. The number of hydrogen-bond donors (Lipinski definition) is 0. The molecule has 0 aromatic heterocycles. The van der Waals surface area contributed by atoms with Crippen LogP contribution in [-0.2, 0) is 0 Å². The molecule has 1 aliphatic heterocycles. The zero-order valence-electron chi connectivity index (χ0n) is 29.1. The molecule has 0 unspecified atom stereocenters. The largest absolute Gasteiger partial charge is 0.310 e. The Morgan fingerprint density at radius 3 is 1.30 bits per heavy atom. The molecule has 54 heavy (non-hydrogen) atoms. The highest BCUT2D eigenvalue weighted by Gasteiger charge is 2.31. The van der Waals surface area contributed by atoms with Crippen LogP contribution in [0.1, 0.15) is 30.0 Å². The Morgan fingerprint density at radius 2 is 0.796 bits per heavy atom. The number of benzene rings is 9. The van der Waals surface area contributed by atoms with Crippen molar-refractivity contribution in [2.24, 2.45) is 0 Å². The summed E-state index contributed by atoms with van der Waals surface area (Å²) in [6.07, 6.45) is 0. The fourth-order valence-corrected chi connectivity index (χ4v) is 9.26. The summed E-state index contributed by atoms with van der Waals surface area (Å²) in [4.78, 5) is 5.05. The molecule has 0 saturated heterocycles. The Balaban J connectivity index is 0.00000384. The molecule has 1 aliphatic rings. The molecule has 0 radical (unpaired) electrons.